The number of hydrogen-bond donors (Lipinski definition) is 0. The van der Waals surface area contributed by atoms with Crippen molar-refractivity contribution in [3.8, 4) is 0 Å². The van der Waals surface area contributed by atoms with Gasteiger partial charge in [0.1, 0.15) is 0 Å². The molecule has 3 rings (SSSR count). The quantitative estimate of drug-likeness (QED) is 0.851. The molecule has 2 aromatic rings. The normalized spacial score (nSPS) is 16.2. The molecule has 0 N–H and O–H groups in total. The largest absolute Gasteiger partial charge is 0.340 e. The van der Waals surface area contributed by atoms with Gasteiger partial charge in [-0.3, -0.25) is 0 Å². The van der Waals surface area contributed by atoms with Gasteiger partial charge in [0.25, 0.3) is 0 Å². The third-order valence-electron chi connectivity index (χ3n) is 3.38. The second-order valence-electron chi connectivity index (χ2n) is 4.52. The van der Waals surface area contributed by atoms with Crippen LogP contribution in [0.1, 0.15) is 13.3 Å². The molecule has 0 unspecified atom stereocenters. The van der Waals surface area contributed by atoms with Gasteiger partial charge in [-0.1, -0.05) is 28.9 Å². The van der Waals surface area contributed by atoms with Gasteiger partial charge in [-0.2, -0.15) is 0 Å². The number of hydrogen-bond acceptors (Lipinski definition) is 3. The lowest BCUT2D eigenvalue weighted by Crippen LogP contribution is -2.47. The van der Waals surface area contributed by atoms with Crippen molar-refractivity contribution in [2.24, 2.45) is 5.92 Å². The highest BCUT2D eigenvalue weighted by molar-refractivity contribution is 9.10. The van der Waals surface area contributed by atoms with E-state index in [2.05, 4.69) is 37.7 Å². The van der Waals surface area contributed by atoms with Crippen LogP contribution in [0.25, 0.3) is 10.9 Å². The molecule has 1 aliphatic heterocycles. The minimum absolute atomic E-state index is 0.816. The van der Waals surface area contributed by atoms with Crippen molar-refractivity contribution in [1.29, 1.82) is 0 Å². The zero-order valence-electron chi connectivity index (χ0n) is 9.73. The van der Waals surface area contributed by atoms with Crippen molar-refractivity contribution >= 4 is 32.8 Å². The van der Waals surface area contributed by atoms with E-state index in [9.17, 15) is 0 Å². The highest BCUT2D eigenvalue weighted by Gasteiger charge is 2.27. The molecular formula is C13H14BrN3. The molecular weight excluding hydrogens is 278 g/mol. The number of nitrogens with zero attached hydrogens (tertiary/aromatic N) is 3. The minimum atomic E-state index is 0.816. The Morgan fingerprint density at radius 3 is 3.00 bits per heavy atom. The molecule has 0 bridgehead atoms. The maximum atomic E-state index is 4.61. The second-order valence-corrected chi connectivity index (χ2v) is 5.38. The van der Waals surface area contributed by atoms with Crippen molar-refractivity contribution in [2.75, 3.05) is 18.0 Å². The molecule has 0 spiro atoms. The topological polar surface area (TPSA) is 29.0 Å². The van der Waals surface area contributed by atoms with Gasteiger partial charge < -0.3 is 4.90 Å². The molecule has 1 aromatic heterocycles. The average Bonchev–Trinajstić information content (AvgIpc) is 2.28. The van der Waals surface area contributed by atoms with Crippen molar-refractivity contribution in [2.45, 2.75) is 13.3 Å². The number of fused-ring (bicyclic) bond motifs is 1. The summed E-state index contributed by atoms with van der Waals surface area (Å²) in [6.07, 6.45) is 3.15. The van der Waals surface area contributed by atoms with Crippen LogP contribution in [0.4, 0.5) is 5.95 Å². The predicted molar refractivity (Wildman–Crippen MR) is 73.2 cm³/mol. The van der Waals surface area contributed by atoms with Crippen LogP contribution in [0.2, 0.25) is 0 Å². The Morgan fingerprint density at radius 2 is 2.24 bits per heavy atom. The average molecular weight is 292 g/mol. The van der Waals surface area contributed by atoms with E-state index in [0.29, 0.717) is 0 Å². The summed E-state index contributed by atoms with van der Waals surface area (Å²) in [6.45, 7) is 4.42. The van der Waals surface area contributed by atoms with Crippen LogP contribution in [0, 0.1) is 5.92 Å². The lowest BCUT2D eigenvalue weighted by atomic mass is 9.98. The van der Waals surface area contributed by atoms with Crippen LogP contribution >= 0.6 is 15.9 Å². The van der Waals surface area contributed by atoms with Gasteiger partial charge in [-0.15, -0.1) is 0 Å². The monoisotopic (exact) mass is 291 g/mol. The number of rotatable bonds is 2. The van der Waals surface area contributed by atoms with Crippen molar-refractivity contribution in [3.63, 3.8) is 0 Å². The third-order valence-corrected chi connectivity index (χ3v) is 4.07. The van der Waals surface area contributed by atoms with Crippen molar-refractivity contribution < 1.29 is 0 Å². The van der Waals surface area contributed by atoms with Gasteiger partial charge >= 0.3 is 0 Å². The summed E-state index contributed by atoms with van der Waals surface area (Å²) in [5.74, 6) is 1.68. The van der Waals surface area contributed by atoms with E-state index in [0.717, 1.165) is 40.3 Å². The summed E-state index contributed by atoms with van der Waals surface area (Å²) in [4.78, 5) is 11.3. The van der Waals surface area contributed by atoms with Gasteiger partial charge in [0.15, 0.2) is 0 Å². The van der Waals surface area contributed by atoms with Crippen molar-refractivity contribution in [1.82, 2.24) is 9.97 Å². The van der Waals surface area contributed by atoms with E-state index in [1.165, 1.54) is 6.42 Å². The fraction of sp³-hybridized carbons (Fsp3) is 0.385. The summed E-state index contributed by atoms with van der Waals surface area (Å²) < 4.78 is 1.05. The molecule has 0 aliphatic carbocycles. The second kappa shape index (κ2) is 4.26. The van der Waals surface area contributed by atoms with Crippen LogP contribution in [0.3, 0.4) is 0 Å². The molecule has 1 saturated heterocycles. The van der Waals surface area contributed by atoms with E-state index >= 15 is 0 Å². The first kappa shape index (κ1) is 11.0. The van der Waals surface area contributed by atoms with Crippen LogP contribution in [-0.4, -0.2) is 23.1 Å². The maximum Gasteiger partial charge on any atom is 0.225 e. The molecule has 0 saturated carbocycles. The Balaban J connectivity index is 1.93. The van der Waals surface area contributed by atoms with Gasteiger partial charge in [-0.25, -0.2) is 9.97 Å². The SMILES string of the molecule is CCC1CN(c2ncc3c(Br)cccc3n2)C1. The molecule has 0 amide bonds. The van der Waals surface area contributed by atoms with Gasteiger partial charge in [0.05, 0.1) is 5.52 Å². The lowest BCUT2D eigenvalue weighted by Gasteiger charge is -2.38. The van der Waals surface area contributed by atoms with Gasteiger partial charge in [0, 0.05) is 29.1 Å². The third kappa shape index (κ3) is 1.90. The van der Waals surface area contributed by atoms with Crippen LogP contribution in [0.5, 0.6) is 0 Å². The Labute approximate surface area is 109 Å². The van der Waals surface area contributed by atoms with Crippen LogP contribution in [-0.2, 0) is 0 Å². The van der Waals surface area contributed by atoms with E-state index in [1.807, 2.05) is 24.4 Å². The molecule has 1 fully saturated rings. The molecule has 1 aliphatic rings. The van der Waals surface area contributed by atoms with E-state index in [4.69, 9.17) is 0 Å². The molecule has 0 atom stereocenters. The molecule has 1 aromatic carbocycles. The molecule has 0 radical (unpaired) electrons. The standard InChI is InChI=1S/C13H14BrN3/c1-2-9-7-17(8-9)13-15-6-10-11(14)4-3-5-12(10)16-13/h3-6,9H,2,7-8H2,1H3. The first-order chi connectivity index (χ1) is 8.28. The predicted octanol–water partition coefficient (Wildman–Crippen LogP) is 3.24. The highest BCUT2D eigenvalue weighted by Crippen LogP contribution is 2.27. The van der Waals surface area contributed by atoms with Crippen LogP contribution < -0.4 is 4.90 Å². The molecule has 17 heavy (non-hydrogen) atoms. The Hall–Kier alpha value is -1.16. The minimum Gasteiger partial charge on any atom is -0.340 e. The fourth-order valence-corrected chi connectivity index (χ4v) is 2.61. The van der Waals surface area contributed by atoms with Gasteiger partial charge in [0.2, 0.25) is 5.95 Å². The first-order valence-corrected chi connectivity index (χ1v) is 6.73. The van der Waals surface area contributed by atoms with E-state index in [1.54, 1.807) is 0 Å². The summed E-state index contributed by atoms with van der Waals surface area (Å²) in [5, 5.41) is 1.07. The number of halogens is 1. The zero-order valence-corrected chi connectivity index (χ0v) is 11.3. The summed E-state index contributed by atoms with van der Waals surface area (Å²) in [5.41, 5.74) is 1.00. The number of anilines is 1. The summed E-state index contributed by atoms with van der Waals surface area (Å²) in [7, 11) is 0. The number of benzene rings is 1. The van der Waals surface area contributed by atoms with Crippen LogP contribution in [0.15, 0.2) is 28.9 Å². The van der Waals surface area contributed by atoms with Gasteiger partial charge in [-0.05, 0) is 24.5 Å². The summed E-state index contributed by atoms with van der Waals surface area (Å²) >= 11 is 3.52. The van der Waals surface area contributed by atoms with Crippen molar-refractivity contribution in [3.05, 3.63) is 28.9 Å². The van der Waals surface area contributed by atoms with E-state index < -0.39 is 0 Å². The Bertz CT molecular complexity index is 549. The molecule has 88 valence electrons. The van der Waals surface area contributed by atoms with E-state index in [-0.39, 0.29) is 0 Å². The zero-order chi connectivity index (χ0) is 11.8. The first-order valence-electron chi connectivity index (χ1n) is 5.94. The fourth-order valence-electron chi connectivity index (χ4n) is 2.15. The Morgan fingerprint density at radius 1 is 1.41 bits per heavy atom. The number of aromatic nitrogens is 2. The molecule has 2 heterocycles. The lowest BCUT2D eigenvalue weighted by molar-refractivity contribution is 0.393. The smallest absolute Gasteiger partial charge is 0.225 e. The Kier molecular flexibility index (Phi) is 2.74. The molecule has 4 heteroatoms. The maximum absolute atomic E-state index is 4.61. The highest BCUT2D eigenvalue weighted by atomic mass is 79.9. The summed E-state index contributed by atoms with van der Waals surface area (Å²) in [6, 6.07) is 6.05. The molecule has 3 nitrogen and oxygen atoms in total.